The summed E-state index contributed by atoms with van der Waals surface area (Å²) in [6.07, 6.45) is 1.73. The molecule has 0 saturated heterocycles. The Kier molecular flexibility index (Phi) is 3.75. The van der Waals surface area contributed by atoms with Gasteiger partial charge < -0.3 is 5.11 Å². The second-order valence-corrected chi connectivity index (χ2v) is 3.90. The lowest BCUT2D eigenvalue weighted by Crippen LogP contribution is -2.04. The fourth-order valence-electron chi connectivity index (χ4n) is 1.64. The quantitative estimate of drug-likeness (QED) is 0.817. The van der Waals surface area contributed by atoms with Crippen molar-refractivity contribution in [3.8, 4) is 11.8 Å². The van der Waals surface area contributed by atoms with E-state index in [-0.39, 0.29) is 12.4 Å². The van der Waals surface area contributed by atoms with Crippen LogP contribution in [0, 0.1) is 24.6 Å². The van der Waals surface area contributed by atoms with Gasteiger partial charge in [-0.1, -0.05) is 17.9 Å². The van der Waals surface area contributed by atoms with Crippen molar-refractivity contribution >= 4 is 0 Å². The standard InChI is InChI=1S/C14H13FN2O/c1-11-6-7-16-17(11)10-12-4-5-14(15)13(9-12)3-2-8-18/h4-7,9,18H,8,10H2,1H3. The zero-order valence-corrected chi connectivity index (χ0v) is 10.0. The lowest BCUT2D eigenvalue weighted by Gasteiger charge is -2.05. The van der Waals surface area contributed by atoms with Gasteiger partial charge in [0.25, 0.3) is 0 Å². The van der Waals surface area contributed by atoms with E-state index in [1.165, 1.54) is 6.07 Å². The Morgan fingerprint density at radius 3 is 2.89 bits per heavy atom. The molecule has 4 heteroatoms. The van der Waals surface area contributed by atoms with E-state index in [9.17, 15) is 4.39 Å². The van der Waals surface area contributed by atoms with Crippen LogP contribution >= 0.6 is 0 Å². The molecule has 92 valence electrons. The summed E-state index contributed by atoms with van der Waals surface area (Å²) >= 11 is 0. The molecule has 18 heavy (non-hydrogen) atoms. The van der Waals surface area contributed by atoms with Gasteiger partial charge in [-0.3, -0.25) is 4.68 Å². The molecular formula is C14H13FN2O. The number of halogens is 1. The molecular weight excluding hydrogens is 231 g/mol. The van der Waals surface area contributed by atoms with Crippen molar-refractivity contribution in [3.05, 3.63) is 53.1 Å². The lowest BCUT2D eigenvalue weighted by atomic mass is 10.1. The van der Waals surface area contributed by atoms with Crippen LogP contribution in [0.25, 0.3) is 0 Å². The highest BCUT2D eigenvalue weighted by molar-refractivity contribution is 5.38. The summed E-state index contributed by atoms with van der Waals surface area (Å²) in [5.74, 6) is 4.66. The zero-order valence-electron chi connectivity index (χ0n) is 10.0. The van der Waals surface area contributed by atoms with Crippen LogP contribution in [0.4, 0.5) is 4.39 Å². The van der Waals surface area contributed by atoms with Gasteiger partial charge in [-0.15, -0.1) is 0 Å². The summed E-state index contributed by atoms with van der Waals surface area (Å²) < 4.78 is 15.3. The van der Waals surface area contributed by atoms with Gasteiger partial charge in [0, 0.05) is 11.9 Å². The maximum atomic E-state index is 13.4. The van der Waals surface area contributed by atoms with Crippen molar-refractivity contribution in [2.75, 3.05) is 6.61 Å². The highest BCUT2D eigenvalue weighted by atomic mass is 19.1. The van der Waals surface area contributed by atoms with Gasteiger partial charge in [-0.05, 0) is 30.7 Å². The maximum absolute atomic E-state index is 13.4. The summed E-state index contributed by atoms with van der Waals surface area (Å²) in [7, 11) is 0. The number of aliphatic hydroxyl groups is 1. The van der Waals surface area contributed by atoms with E-state index in [1.54, 1.807) is 18.3 Å². The Labute approximate surface area is 105 Å². The first-order valence-electron chi connectivity index (χ1n) is 5.57. The van der Waals surface area contributed by atoms with Crippen LogP contribution in [0.5, 0.6) is 0 Å². The molecule has 0 aliphatic rings. The average Bonchev–Trinajstić information content (AvgIpc) is 2.76. The number of rotatable bonds is 2. The molecule has 0 amide bonds. The summed E-state index contributed by atoms with van der Waals surface area (Å²) in [6, 6.07) is 6.69. The Bertz CT molecular complexity index is 608. The molecule has 0 aliphatic carbocycles. The number of nitrogens with zero attached hydrogens (tertiary/aromatic N) is 2. The van der Waals surface area contributed by atoms with Crippen molar-refractivity contribution in [3.63, 3.8) is 0 Å². The number of aromatic nitrogens is 2. The zero-order chi connectivity index (χ0) is 13.0. The minimum absolute atomic E-state index is 0.276. The number of hydrogen-bond acceptors (Lipinski definition) is 2. The van der Waals surface area contributed by atoms with E-state index < -0.39 is 0 Å². The van der Waals surface area contributed by atoms with Crippen LogP contribution in [0.15, 0.2) is 30.5 Å². The second-order valence-electron chi connectivity index (χ2n) is 3.90. The fraction of sp³-hybridized carbons (Fsp3) is 0.214. The molecule has 0 spiro atoms. The van der Waals surface area contributed by atoms with Gasteiger partial charge in [0.15, 0.2) is 0 Å². The van der Waals surface area contributed by atoms with Crippen LogP contribution in [-0.4, -0.2) is 21.5 Å². The summed E-state index contributed by atoms with van der Waals surface area (Å²) in [5.41, 5.74) is 2.26. The van der Waals surface area contributed by atoms with Gasteiger partial charge in [0.1, 0.15) is 12.4 Å². The monoisotopic (exact) mass is 244 g/mol. The normalized spacial score (nSPS) is 9.94. The third-order valence-electron chi connectivity index (χ3n) is 2.59. The third-order valence-corrected chi connectivity index (χ3v) is 2.59. The first-order valence-corrected chi connectivity index (χ1v) is 5.57. The fourth-order valence-corrected chi connectivity index (χ4v) is 1.64. The second kappa shape index (κ2) is 5.48. The van der Waals surface area contributed by atoms with Crippen LogP contribution in [0.3, 0.4) is 0 Å². The van der Waals surface area contributed by atoms with Gasteiger partial charge in [0.2, 0.25) is 0 Å². The van der Waals surface area contributed by atoms with Crippen molar-refractivity contribution in [1.82, 2.24) is 9.78 Å². The molecule has 1 heterocycles. The average molecular weight is 244 g/mol. The van der Waals surface area contributed by atoms with E-state index in [1.807, 2.05) is 17.7 Å². The van der Waals surface area contributed by atoms with Crippen LogP contribution in [0.1, 0.15) is 16.8 Å². The van der Waals surface area contributed by atoms with Crippen molar-refractivity contribution in [2.24, 2.45) is 0 Å². The molecule has 0 fully saturated rings. The molecule has 0 aliphatic heterocycles. The maximum Gasteiger partial charge on any atom is 0.138 e. The van der Waals surface area contributed by atoms with Gasteiger partial charge in [-0.25, -0.2) is 4.39 Å². The highest BCUT2D eigenvalue weighted by Crippen LogP contribution is 2.11. The van der Waals surface area contributed by atoms with Gasteiger partial charge in [-0.2, -0.15) is 5.10 Å². The molecule has 0 unspecified atom stereocenters. The van der Waals surface area contributed by atoms with Crippen LogP contribution in [-0.2, 0) is 6.54 Å². The SMILES string of the molecule is Cc1ccnn1Cc1ccc(F)c(C#CCO)c1. The molecule has 2 rings (SSSR count). The van der Waals surface area contributed by atoms with Gasteiger partial charge in [0.05, 0.1) is 12.1 Å². The number of aryl methyl sites for hydroxylation is 1. The van der Waals surface area contributed by atoms with Crippen LogP contribution in [0.2, 0.25) is 0 Å². The molecule has 0 bridgehead atoms. The molecule has 2 aromatic rings. The van der Waals surface area contributed by atoms with E-state index in [0.29, 0.717) is 12.1 Å². The van der Waals surface area contributed by atoms with Crippen LogP contribution < -0.4 is 0 Å². The summed E-state index contributed by atoms with van der Waals surface area (Å²) in [5, 5.41) is 12.8. The molecule has 0 radical (unpaired) electrons. The van der Waals surface area contributed by atoms with Crippen molar-refractivity contribution < 1.29 is 9.50 Å². The van der Waals surface area contributed by atoms with E-state index in [2.05, 4.69) is 16.9 Å². The highest BCUT2D eigenvalue weighted by Gasteiger charge is 2.03. The minimum Gasteiger partial charge on any atom is -0.384 e. The minimum atomic E-state index is -0.378. The molecule has 0 saturated carbocycles. The third kappa shape index (κ3) is 2.76. The topological polar surface area (TPSA) is 38.0 Å². The lowest BCUT2D eigenvalue weighted by molar-refractivity contribution is 0.350. The number of benzene rings is 1. The molecule has 1 aromatic carbocycles. The van der Waals surface area contributed by atoms with E-state index in [0.717, 1.165) is 11.3 Å². The Balaban J connectivity index is 2.27. The van der Waals surface area contributed by atoms with Crippen molar-refractivity contribution in [1.29, 1.82) is 0 Å². The Morgan fingerprint density at radius 1 is 1.39 bits per heavy atom. The predicted molar refractivity (Wildman–Crippen MR) is 66.4 cm³/mol. The largest absolute Gasteiger partial charge is 0.384 e. The van der Waals surface area contributed by atoms with E-state index in [4.69, 9.17) is 5.11 Å². The first-order chi connectivity index (χ1) is 8.70. The Hall–Kier alpha value is -2.12. The summed E-state index contributed by atoms with van der Waals surface area (Å²) in [6.45, 7) is 2.26. The summed E-state index contributed by atoms with van der Waals surface area (Å²) in [4.78, 5) is 0. The predicted octanol–water partition coefficient (Wildman–Crippen LogP) is 1.72. The number of aliphatic hydroxyl groups excluding tert-OH is 1. The molecule has 0 atom stereocenters. The molecule has 3 nitrogen and oxygen atoms in total. The molecule has 1 aromatic heterocycles. The first kappa shape index (κ1) is 12.3. The van der Waals surface area contributed by atoms with Crippen molar-refractivity contribution in [2.45, 2.75) is 13.5 Å². The van der Waals surface area contributed by atoms with E-state index >= 15 is 0 Å². The molecule has 1 N–H and O–H groups in total. The smallest absolute Gasteiger partial charge is 0.138 e. The Morgan fingerprint density at radius 2 is 2.22 bits per heavy atom. The van der Waals surface area contributed by atoms with Gasteiger partial charge >= 0.3 is 0 Å². The number of hydrogen-bond donors (Lipinski definition) is 1.